The molecular formula is C21H21ClN4. The zero-order valence-electron chi connectivity index (χ0n) is 14.8. The van der Waals surface area contributed by atoms with Gasteiger partial charge in [0, 0.05) is 23.3 Å². The Morgan fingerprint density at radius 3 is 2.73 bits per heavy atom. The van der Waals surface area contributed by atoms with E-state index in [2.05, 4.69) is 33.7 Å². The van der Waals surface area contributed by atoms with Crippen molar-refractivity contribution in [3.63, 3.8) is 0 Å². The van der Waals surface area contributed by atoms with Crippen LogP contribution in [-0.2, 0) is 6.54 Å². The van der Waals surface area contributed by atoms with Crippen LogP contribution in [0.3, 0.4) is 0 Å². The molecule has 0 radical (unpaired) electrons. The van der Waals surface area contributed by atoms with Crippen molar-refractivity contribution in [1.82, 2.24) is 14.5 Å². The summed E-state index contributed by atoms with van der Waals surface area (Å²) in [6.45, 7) is 3.31. The minimum Gasteiger partial charge on any atom is -0.344 e. The molecule has 2 heterocycles. The van der Waals surface area contributed by atoms with Crippen molar-refractivity contribution in [1.29, 1.82) is 5.26 Å². The van der Waals surface area contributed by atoms with Gasteiger partial charge >= 0.3 is 0 Å². The molecule has 0 saturated heterocycles. The van der Waals surface area contributed by atoms with E-state index in [9.17, 15) is 5.26 Å². The predicted octanol–water partition coefficient (Wildman–Crippen LogP) is 5.45. The lowest BCUT2D eigenvalue weighted by atomic mass is 9.83. The van der Waals surface area contributed by atoms with Crippen molar-refractivity contribution >= 4 is 22.6 Å². The van der Waals surface area contributed by atoms with Crippen LogP contribution >= 0.6 is 11.6 Å². The van der Waals surface area contributed by atoms with Crippen LogP contribution in [0.4, 0.5) is 0 Å². The third-order valence-electron chi connectivity index (χ3n) is 5.40. The first kappa shape index (κ1) is 17.1. The zero-order chi connectivity index (χ0) is 18.1. The molecule has 1 fully saturated rings. The van der Waals surface area contributed by atoms with Crippen molar-refractivity contribution < 1.29 is 0 Å². The summed E-state index contributed by atoms with van der Waals surface area (Å²) in [5.74, 6) is 1.72. The molecule has 0 amide bonds. The molecule has 0 spiro atoms. The van der Waals surface area contributed by atoms with Gasteiger partial charge in [-0.25, -0.2) is 9.97 Å². The van der Waals surface area contributed by atoms with Crippen LogP contribution in [0, 0.1) is 23.2 Å². The van der Waals surface area contributed by atoms with E-state index in [-0.39, 0.29) is 5.82 Å². The Morgan fingerprint density at radius 2 is 2.00 bits per heavy atom. The maximum atomic E-state index is 9.31. The summed E-state index contributed by atoms with van der Waals surface area (Å²) >= 11 is 6.19. The van der Waals surface area contributed by atoms with Gasteiger partial charge < -0.3 is 4.57 Å². The number of nitriles is 1. The second-order valence-electron chi connectivity index (χ2n) is 7.35. The molecule has 1 saturated carbocycles. The average Bonchev–Trinajstić information content (AvgIpc) is 3.05. The van der Waals surface area contributed by atoms with Crippen molar-refractivity contribution in [2.24, 2.45) is 11.8 Å². The van der Waals surface area contributed by atoms with Gasteiger partial charge in [-0.2, -0.15) is 5.26 Å². The maximum absolute atomic E-state index is 9.31. The SMILES string of the molecule is CC1CCC(Cn2ccc3nc(C#N)nc(-c4cccc(Cl)c4)c32)CC1. The van der Waals surface area contributed by atoms with Crippen molar-refractivity contribution in [3.05, 3.63) is 47.4 Å². The molecule has 26 heavy (non-hydrogen) atoms. The fourth-order valence-electron chi connectivity index (χ4n) is 3.94. The van der Waals surface area contributed by atoms with Gasteiger partial charge in [-0.3, -0.25) is 0 Å². The second-order valence-corrected chi connectivity index (χ2v) is 7.78. The highest BCUT2D eigenvalue weighted by atomic mass is 35.5. The molecule has 1 aromatic carbocycles. The molecule has 3 aromatic rings. The monoisotopic (exact) mass is 364 g/mol. The fraction of sp³-hybridized carbons (Fsp3) is 0.381. The van der Waals surface area contributed by atoms with Crippen LogP contribution in [0.15, 0.2) is 36.5 Å². The minimum absolute atomic E-state index is 0.191. The van der Waals surface area contributed by atoms with Gasteiger partial charge in [0.15, 0.2) is 0 Å². The van der Waals surface area contributed by atoms with Crippen molar-refractivity contribution in [3.8, 4) is 17.3 Å². The molecule has 5 heteroatoms. The van der Waals surface area contributed by atoms with E-state index in [0.717, 1.165) is 34.8 Å². The maximum Gasteiger partial charge on any atom is 0.233 e. The summed E-state index contributed by atoms with van der Waals surface area (Å²) in [4.78, 5) is 8.92. The van der Waals surface area contributed by atoms with Crippen LogP contribution in [0.1, 0.15) is 38.4 Å². The first-order valence-electron chi connectivity index (χ1n) is 9.17. The number of rotatable bonds is 3. The Balaban J connectivity index is 1.79. The topological polar surface area (TPSA) is 54.5 Å². The quantitative estimate of drug-likeness (QED) is 0.620. The van der Waals surface area contributed by atoms with Crippen molar-refractivity contribution in [2.75, 3.05) is 0 Å². The highest BCUT2D eigenvalue weighted by molar-refractivity contribution is 6.30. The number of fused-ring (bicyclic) bond motifs is 1. The summed E-state index contributed by atoms with van der Waals surface area (Å²) in [5.41, 5.74) is 3.50. The summed E-state index contributed by atoms with van der Waals surface area (Å²) in [5, 5.41) is 9.97. The van der Waals surface area contributed by atoms with Gasteiger partial charge in [0.25, 0.3) is 0 Å². The number of hydrogen-bond acceptors (Lipinski definition) is 3. The summed E-state index contributed by atoms with van der Waals surface area (Å²) in [6.07, 6.45) is 7.22. The summed E-state index contributed by atoms with van der Waals surface area (Å²) in [7, 11) is 0. The van der Waals surface area contributed by atoms with E-state index < -0.39 is 0 Å². The Kier molecular flexibility index (Phi) is 4.65. The summed E-state index contributed by atoms with van der Waals surface area (Å²) < 4.78 is 2.26. The molecule has 1 aliphatic rings. The Bertz CT molecular complexity index is 977. The normalized spacial score (nSPS) is 20.2. The van der Waals surface area contributed by atoms with Crippen LogP contribution in [0.5, 0.6) is 0 Å². The number of benzene rings is 1. The Morgan fingerprint density at radius 1 is 1.19 bits per heavy atom. The van der Waals surface area contributed by atoms with Gasteiger partial charge in [0.1, 0.15) is 6.07 Å². The first-order chi connectivity index (χ1) is 12.6. The van der Waals surface area contributed by atoms with E-state index in [4.69, 9.17) is 11.6 Å². The number of hydrogen-bond donors (Lipinski definition) is 0. The van der Waals surface area contributed by atoms with E-state index in [1.54, 1.807) is 0 Å². The third kappa shape index (κ3) is 3.32. The molecule has 0 unspecified atom stereocenters. The largest absolute Gasteiger partial charge is 0.344 e. The molecule has 4 rings (SSSR count). The molecule has 2 aromatic heterocycles. The molecule has 1 aliphatic carbocycles. The fourth-order valence-corrected chi connectivity index (χ4v) is 4.13. The number of nitrogens with zero attached hydrogens (tertiary/aromatic N) is 4. The predicted molar refractivity (Wildman–Crippen MR) is 104 cm³/mol. The summed E-state index contributed by atoms with van der Waals surface area (Å²) in [6, 6.07) is 11.7. The molecule has 0 N–H and O–H groups in total. The number of halogens is 1. The molecule has 0 aliphatic heterocycles. The van der Waals surface area contributed by atoms with Gasteiger partial charge in [0.05, 0.1) is 16.7 Å². The second kappa shape index (κ2) is 7.09. The van der Waals surface area contributed by atoms with Gasteiger partial charge in [0.2, 0.25) is 5.82 Å². The zero-order valence-corrected chi connectivity index (χ0v) is 15.6. The molecule has 132 valence electrons. The molecular weight excluding hydrogens is 344 g/mol. The number of aromatic nitrogens is 3. The average molecular weight is 365 g/mol. The van der Waals surface area contributed by atoms with Gasteiger partial charge in [-0.15, -0.1) is 0 Å². The van der Waals surface area contributed by atoms with E-state index in [1.165, 1.54) is 25.7 Å². The molecule has 0 bridgehead atoms. The van der Waals surface area contributed by atoms with Crippen LogP contribution in [0.2, 0.25) is 5.02 Å². The van der Waals surface area contributed by atoms with E-state index in [1.807, 2.05) is 30.3 Å². The Labute approximate surface area is 158 Å². The lowest BCUT2D eigenvalue weighted by Crippen LogP contribution is -2.17. The highest BCUT2D eigenvalue weighted by Gasteiger charge is 2.21. The molecule has 0 atom stereocenters. The lowest BCUT2D eigenvalue weighted by Gasteiger charge is -2.26. The smallest absolute Gasteiger partial charge is 0.233 e. The standard InChI is InChI=1S/C21H21ClN4/c1-14-5-7-15(8-6-14)13-26-10-9-18-21(26)20(25-19(12-23)24-18)16-3-2-4-17(22)11-16/h2-4,9-11,14-15H,5-8,13H2,1H3. The van der Waals surface area contributed by atoms with E-state index >= 15 is 0 Å². The third-order valence-corrected chi connectivity index (χ3v) is 5.63. The van der Waals surface area contributed by atoms with Gasteiger partial charge in [-0.05, 0) is 42.9 Å². The Hall–Kier alpha value is -2.38. The van der Waals surface area contributed by atoms with Gasteiger partial charge in [-0.1, -0.05) is 43.5 Å². The van der Waals surface area contributed by atoms with Crippen LogP contribution < -0.4 is 0 Å². The van der Waals surface area contributed by atoms with Crippen LogP contribution in [-0.4, -0.2) is 14.5 Å². The minimum atomic E-state index is 0.191. The lowest BCUT2D eigenvalue weighted by molar-refractivity contribution is 0.267. The van der Waals surface area contributed by atoms with Crippen molar-refractivity contribution in [2.45, 2.75) is 39.2 Å². The first-order valence-corrected chi connectivity index (χ1v) is 9.54. The van der Waals surface area contributed by atoms with Crippen LogP contribution in [0.25, 0.3) is 22.3 Å². The molecule has 4 nitrogen and oxygen atoms in total. The van der Waals surface area contributed by atoms with E-state index in [0.29, 0.717) is 10.9 Å². The highest BCUT2D eigenvalue weighted by Crippen LogP contribution is 2.33.